The smallest absolute Gasteiger partial charge is 0.228 e. The van der Waals surface area contributed by atoms with E-state index in [0.717, 1.165) is 27.5 Å². The van der Waals surface area contributed by atoms with E-state index >= 15 is 0 Å². The molecule has 4 nitrogen and oxygen atoms in total. The number of thioether (sulfide) groups is 1. The number of hydrogen-bond donors (Lipinski definition) is 2. The number of anilines is 1. The molecule has 0 bridgehead atoms. The van der Waals surface area contributed by atoms with Crippen molar-refractivity contribution in [2.45, 2.75) is 25.2 Å². The largest absolute Gasteiger partial charge is 0.323 e. The Morgan fingerprint density at radius 3 is 2.74 bits per heavy atom. The molecule has 0 atom stereocenters. The van der Waals surface area contributed by atoms with Crippen LogP contribution in [0.1, 0.15) is 17.0 Å². The molecule has 0 saturated heterocycles. The molecule has 2 aromatic rings. The Morgan fingerprint density at radius 2 is 2.11 bits per heavy atom. The highest BCUT2D eigenvalue weighted by molar-refractivity contribution is 7.98. The van der Waals surface area contributed by atoms with Crippen molar-refractivity contribution < 1.29 is 4.79 Å². The van der Waals surface area contributed by atoms with E-state index in [1.54, 1.807) is 11.8 Å². The number of nitrogens with zero attached hydrogens (tertiary/aromatic N) is 1. The minimum Gasteiger partial charge on any atom is -0.323 e. The van der Waals surface area contributed by atoms with Crippen LogP contribution in [-0.2, 0) is 11.2 Å². The Morgan fingerprint density at radius 1 is 1.37 bits per heavy atom. The first-order valence-corrected chi connectivity index (χ1v) is 7.27. The predicted molar refractivity (Wildman–Crippen MR) is 78.6 cm³/mol. The summed E-state index contributed by atoms with van der Waals surface area (Å²) in [7, 11) is 0. The number of carbonyl (C=O) groups excluding carboxylic acids is 1. The molecule has 2 rings (SSSR count). The van der Waals surface area contributed by atoms with E-state index in [4.69, 9.17) is 0 Å². The molecule has 0 spiro atoms. The van der Waals surface area contributed by atoms with E-state index in [9.17, 15) is 4.79 Å². The molecule has 0 unspecified atom stereocenters. The van der Waals surface area contributed by atoms with Gasteiger partial charge in [0.25, 0.3) is 0 Å². The van der Waals surface area contributed by atoms with E-state index < -0.39 is 0 Å². The highest BCUT2D eigenvalue weighted by Gasteiger charge is 2.12. The molecule has 0 aliphatic rings. The fourth-order valence-electron chi connectivity index (χ4n) is 1.94. The van der Waals surface area contributed by atoms with Gasteiger partial charge in [-0.25, -0.2) is 0 Å². The van der Waals surface area contributed by atoms with Crippen LogP contribution >= 0.6 is 11.8 Å². The lowest BCUT2D eigenvalue weighted by atomic mass is 10.1. The minimum absolute atomic E-state index is 0.0194. The van der Waals surface area contributed by atoms with Gasteiger partial charge in [-0.3, -0.25) is 9.89 Å². The van der Waals surface area contributed by atoms with Crippen LogP contribution in [0.3, 0.4) is 0 Å². The summed E-state index contributed by atoms with van der Waals surface area (Å²) >= 11 is 1.65. The number of nitrogens with one attached hydrogen (secondary N) is 2. The molecule has 2 N–H and O–H groups in total. The van der Waals surface area contributed by atoms with Crippen molar-refractivity contribution in [2.24, 2.45) is 0 Å². The van der Waals surface area contributed by atoms with Crippen molar-refractivity contribution in [3.63, 3.8) is 0 Å². The molecule has 0 aliphatic heterocycles. The molecule has 0 fully saturated rings. The average molecular weight is 275 g/mol. The van der Waals surface area contributed by atoms with Gasteiger partial charge in [0.05, 0.1) is 23.5 Å². The average Bonchev–Trinajstić information content (AvgIpc) is 2.71. The third-order valence-electron chi connectivity index (χ3n) is 2.94. The lowest BCUT2D eigenvalue weighted by molar-refractivity contribution is -0.115. The molecule has 0 aliphatic carbocycles. The standard InChI is InChI=1S/C14H17N3OS/c1-9-14(10(2)17-16-9)15-13(18)8-11-6-4-5-7-12(11)19-3/h4-7H,8H2,1-3H3,(H,15,18)(H,16,17). The third-order valence-corrected chi connectivity index (χ3v) is 3.77. The molecular weight excluding hydrogens is 258 g/mol. The lowest BCUT2D eigenvalue weighted by Gasteiger charge is -2.08. The Hall–Kier alpha value is -1.75. The number of H-pyrrole nitrogens is 1. The zero-order valence-corrected chi connectivity index (χ0v) is 12.1. The number of amides is 1. The molecule has 19 heavy (non-hydrogen) atoms. The van der Waals surface area contributed by atoms with Crippen LogP contribution in [0.15, 0.2) is 29.2 Å². The van der Waals surface area contributed by atoms with Gasteiger partial charge in [0.15, 0.2) is 0 Å². The van der Waals surface area contributed by atoms with Crippen molar-refractivity contribution >= 4 is 23.4 Å². The number of aromatic nitrogens is 2. The lowest BCUT2D eigenvalue weighted by Crippen LogP contribution is -2.15. The number of benzene rings is 1. The quantitative estimate of drug-likeness (QED) is 0.843. The summed E-state index contributed by atoms with van der Waals surface area (Å²) in [5.41, 5.74) is 3.52. The fraction of sp³-hybridized carbons (Fsp3) is 0.286. The van der Waals surface area contributed by atoms with Crippen LogP contribution < -0.4 is 5.32 Å². The number of aromatic amines is 1. The Balaban J connectivity index is 2.10. The predicted octanol–water partition coefficient (Wildman–Crippen LogP) is 2.93. The van der Waals surface area contributed by atoms with Gasteiger partial charge in [0, 0.05) is 4.90 Å². The van der Waals surface area contributed by atoms with Crippen molar-refractivity contribution in [1.29, 1.82) is 0 Å². The van der Waals surface area contributed by atoms with Gasteiger partial charge < -0.3 is 5.32 Å². The van der Waals surface area contributed by atoms with Gasteiger partial charge in [-0.15, -0.1) is 11.8 Å². The normalized spacial score (nSPS) is 10.5. The van der Waals surface area contributed by atoms with Crippen LogP contribution in [0.5, 0.6) is 0 Å². The van der Waals surface area contributed by atoms with Gasteiger partial charge >= 0.3 is 0 Å². The monoisotopic (exact) mass is 275 g/mol. The van der Waals surface area contributed by atoms with Crippen molar-refractivity contribution in [3.8, 4) is 0 Å². The minimum atomic E-state index is -0.0194. The highest BCUT2D eigenvalue weighted by atomic mass is 32.2. The van der Waals surface area contributed by atoms with Gasteiger partial charge in [0.2, 0.25) is 5.91 Å². The van der Waals surface area contributed by atoms with E-state index in [2.05, 4.69) is 15.5 Å². The van der Waals surface area contributed by atoms with Gasteiger partial charge in [-0.2, -0.15) is 5.10 Å². The molecule has 1 heterocycles. The van der Waals surface area contributed by atoms with Gasteiger partial charge in [-0.05, 0) is 31.7 Å². The molecular formula is C14H17N3OS. The van der Waals surface area contributed by atoms with E-state index in [1.165, 1.54) is 0 Å². The van der Waals surface area contributed by atoms with Crippen LogP contribution in [0.25, 0.3) is 0 Å². The summed E-state index contributed by atoms with van der Waals surface area (Å²) in [4.78, 5) is 13.2. The summed E-state index contributed by atoms with van der Waals surface area (Å²) in [6, 6.07) is 7.95. The molecule has 0 radical (unpaired) electrons. The molecule has 100 valence electrons. The second kappa shape index (κ2) is 5.93. The molecule has 1 aromatic carbocycles. The first-order chi connectivity index (χ1) is 9.11. The maximum Gasteiger partial charge on any atom is 0.228 e. The number of rotatable bonds is 4. The summed E-state index contributed by atoms with van der Waals surface area (Å²) in [5, 5.41) is 9.84. The zero-order valence-electron chi connectivity index (χ0n) is 11.3. The number of hydrogen-bond acceptors (Lipinski definition) is 3. The summed E-state index contributed by atoms with van der Waals surface area (Å²) in [6.45, 7) is 3.76. The van der Waals surface area contributed by atoms with Crippen LogP contribution in [-0.4, -0.2) is 22.4 Å². The van der Waals surface area contributed by atoms with Crippen molar-refractivity contribution in [2.75, 3.05) is 11.6 Å². The number of aryl methyl sites for hydroxylation is 2. The Kier molecular flexibility index (Phi) is 4.27. The topological polar surface area (TPSA) is 57.8 Å². The molecule has 0 saturated carbocycles. The van der Waals surface area contributed by atoms with Gasteiger partial charge in [0.1, 0.15) is 0 Å². The van der Waals surface area contributed by atoms with Crippen LogP contribution in [0, 0.1) is 13.8 Å². The second-order valence-electron chi connectivity index (χ2n) is 4.35. The highest BCUT2D eigenvalue weighted by Crippen LogP contribution is 2.21. The first kappa shape index (κ1) is 13.7. The SMILES string of the molecule is CSc1ccccc1CC(=O)Nc1c(C)n[nH]c1C. The van der Waals surface area contributed by atoms with E-state index in [1.807, 2.05) is 44.4 Å². The van der Waals surface area contributed by atoms with Crippen molar-refractivity contribution in [3.05, 3.63) is 41.2 Å². The van der Waals surface area contributed by atoms with Crippen LogP contribution in [0.4, 0.5) is 5.69 Å². The zero-order chi connectivity index (χ0) is 13.8. The van der Waals surface area contributed by atoms with Crippen LogP contribution in [0.2, 0.25) is 0 Å². The molecule has 1 aromatic heterocycles. The molecule has 1 amide bonds. The first-order valence-electron chi connectivity index (χ1n) is 6.05. The van der Waals surface area contributed by atoms with Gasteiger partial charge in [-0.1, -0.05) is 18.2 Å². The third kappa shape index (κ3) is 3.17. The Labute approximate surface area is 117 Å². The van der Waals surface area contributed by atoms with E-state index in [0.29, 0.717) is 6.42 Å². The summed E-state index contributed by atoms with van der Waals surface area (Å²) in [5.74, 6) is -0.0194. The second-order valence-corrected chi connectivity index (χ2v) is 5.19. The summed E-state index contributed by atoms with van der Waals surface area (Å²) < 4.78 is 0. The summed E-state index contributed by atoms with van der Waals surface area (Å²) in [6.07, 6.45) is 2.39. The Bertz CT molecular complexity index is 573. The van der Waals surface area contributed by atoms with E-state index in [-0.39, 0.29) is 5.91 Å². The fourth-order valence-corrected chi connectivity index (χ4v) is 2.56. The maximum absolute atomic E-state index is 12.1. The maximum atomic E-state index is 12.1. The molecule has 5 heteroatoms. The van der Waals surface area contributed by atoms with Crippen molar-refractivity contribution in [1.82, 2.24) is 10.2 Å². The number of carbonyl (C=O) groups is 1.